The highest BCUT2D eigenvalue weighted by molar-refractivity contribution is 7.80. The molecule has 138 valence electrons. The Morgan fingerprint density at radius 2 is 1.74 bits per heavy atom. The third-order valence-corrected chi connectivity index (χ3v) is 4.93. The van der Waals surface area contributed by atoms with Crippen molar-refractivity contribution in [2.24, 2.45) is 0 Å². The second-order valence-corrected chi connectivity index (χ2v) is 7.22. The molecule has 3 aromatic rings. The van der Waals surface area contributed by atoms with Crippen molar-refractivity contribution in [2.75, 3.05) is 17.7 Å². The average Bonchev–Trinajstić information content (AvgIpc) is 3.04. The highest BCUT2D eigenvalue weighted by Gasteiger charge is 2.18. The highest BCUT2D eigenvalue weighted by Crippen LogP contribution is 2.35. The van der Waals surface area contributed by atoms with Gasteiger partial charge in [0.05, 0.1) is 12.7 Å². The summed E-state index contributed by atoms with van der Waals surface area (Å²) in [5.41, 5.74) is 3.11. The van der Waals surface area contributed by atoms with Crippen molar-refractivity contribution in [3.63, 3.8) is 0 Å². The number of carbonyl (C=O) groups excluding carboxylic acids is 1. The van der Waals surface area contributed by atoms with Crippen LogP contribution in [0.1, 0.15) is 21.7 Å². The largest absolute Gasteiger partial charge is 0.465 e. The van der Waals surface area contributed by atoms with Gasteiger partial charge in [0, 0.05) is 16.3 Å². The van der Waals surface area contributed by atoms with Crippen LogP contribution in [0.2, 0.25) is 0 Å². The predicted octanol–water partition coefficient (Wildman–Crippen LogP) is 4.42. The van der Waals surface area contributed by atoms with Gasteiger partial charge in [-0.05, 0) is 43.8 Å². The Hall–Kier alpha value is -2.84. The molecular weight excluding hydrogens is 380 g/mol. The number of esters is 1. The van der Waals surface area contributed by atoms with Gasteiger partial charge in [0.2, 0.25) is 5.95 Å². The van der Waals surface area contributed by atoms with Crippen LogP contribution in [-0.4, -0.2) is 28.2 Å². The lowest BCUT2D eigenvalue weighted by Crippen LogP contribution is -2.21. The van der Waals surface area contributed by atoms with Crippen LogP contribution in [0, 0.1) is 13.8 Å². The number of carbonyl (C=O) groups is 1. The molecule has 0 unspecified atom stereocenters. The number of nitrogens with one attached hydrogen (secondary N) is 2. The number of thiophene rings is 1. The Labute approximate surface area is 166 Å². The molecule has 8 heteroatoms. The first-order valence-electron chi connectivity index (χ1n) is 8.14. The number of aryl methyl sites for hydroxylation is 2. The van der Waals surface area contributed by atoms with Gasteiger partial charge in [0.1, 0.15) is 5.00 Å². The van der Waals surface area contributed by atoms with Crippen LogP contribution in [0.3, 0.4) is 0 Å². The maximum atomic E-state index is 12.2. The summed E-state index contributed by atoms with van der Waals surface area (Å²) < 4.78 is 4.90. The van der Waals surface area contributed by atoms with Gasteiger partial charge < -0.3 is 15.4 Å². The smallest absolute Gasteiger partial charge is 0.340 e. The summed E-state index contributed by atoms with van der Waals surface area (Å²) in [5, 5.41) is 6.92. The van der Waals surface area contributed by atoms with E-state index in [1.165, 1.54) is 18.4 Å². The van der Waals surface area contributed by atoms with Crippen molar-refractivity contribution in [3.05, 3.63) is 59.4 Å². The van der Waals surface area contributed by atoms with Crippen LogP contribution in [0.25, 0.3) is 10.4 Å². The summed E-state index contributed by atoms with van der Waals surface area (Å²) >= 11 is 6.79. The molecule has 0 amide bonds. The lowest BCUT2D eigenvalue weighted by atomic mass is 10.1. The van der Waals surface area contributed by atoms with Crippen LogP contribution in [0.15, 0.2) is 42.5 Å². The van der Waals surface area contributed by atoms with E-state index in [9.17, 15) is 4.79 Å². The summed E-state index contributed by atoms with van der Waals surface area (Å²) in [6.07, 6.45) is 0. The number of methoxy groups -OCH3 is 1. The van der Waals surface area contributed by atoms with Crippen LogP contribution in [0.4, 0.5) is 10.9 Å². The SMILES string of the molecule is COC(=O)c1cc(-c2ccccc2)sc1NC(=S)Nc1nc(C)cc(C)n1. The number of thiocarbonyl (C=S) groups is 1. The maximum absolute atomic E-state index is 12.2. The van der Waals surface area contributed by atoms with Crippen molar-refractivity contribution in [3.8, 4) is 10.4 Å². The first-order chi connectivity index (χ1) is 13.0. The van der Waals surface area contributed by atoms with Gasteiger partial charge in [-0.25, -0.2) is 14.8 Å². The zero-order valence-electron chi connectivity index (χ0n) is 15.1. The maximum Gasteiger partial charge on any atom is 0.340 e. The van der Waals surface area contributed by atoms with Gasteiger partial charge in [0.25, 0.3) is 0 Å². The fourth-order valence-corrected chi connectivity index (χ4v) is 3.82. The van der Waals surface area contributed by atoms with Crippen LogP contribution >= 0.6 is 23.6 Å². The second-order valence-electron chi connectivity index (χ2n) is 5.76. The third kappa shape index (κ3) is 4.66. The van der Waals surface area contributed by atoms with E-state index in [4.69, 9.17) is 17.0 Å². The molecule has 6 nitrogen and oxygen atoms in total. The summed E-state index contributed by atoms with van der Waals surface area (Å²) in [4.78, 5) is 21.7. The first kappa shape index (κ1) is 18.9. The van der Waals surface area contributed by atoms with Gasteiger partial charge in [-0.3, -0.25) is 0 Å². The molecule has 0 saturated heterocycles. The lowest BCUT2D eigenvalue weighted by molar-refractivity contribution is 0.0602. The lowest BCUT2D eigenvalue weighted by Gasteiger charge is -2.10. The number of nitrogens with zero attached hydrogens (tertiary/aromatic N) is 2. The summed E-state index contributed by atoms with van der Waals surface area (Å²) in [6.45, 7) is 3.77. The fraction of sp³-hybridized carbons (Fsp3) is 0.158. The van der Waals surface area contributed by atoms with Crippen LogP contribution in [-0.2, 0) is 4.74 Å². The second kappa shape index (κ2) is 8.24. The van der Waals surface area contributed by atoms with Crippen molar-refractivity contribution >= 4 is 45.6 Å². The number of ether oxygens (including phenoxy) is 1. The number of hydrogen-bond acceptors (Lipinski definition) is 6. The monoisotopic (exact) mass is 398 g/mol. The van der Waals surface area contributed by atoms with Crippen molar-refractivity contribution in [1.82, 2.24) is 9.97 Å². The number of benzene rings is 1. The molecule has 3 rings (SSSR count). The summed E-state index contributed by atoms with van der Waals surface area (Å²) in [6, 6.07) is 13.5. The number of rotatable bonds is 4. The first-order valence-corrected chi connectivity index (χ1v) is 9.36. The molecular formula is C19H18N4O2S2. The molecule has 2 N–H and O–H groups in total. The van der Waals surface area contributed by atoms with Gasteiger partial charge >= 0.3 is 5.97 Å². The van der Waals surface area contributed by atoms with E-state index in [0.29, 0.717) is 21.6 Å². The molecule has 1 aromatic carbocycles. The molecule has 2 aromatic heterocycles. The predicted molar refractivity (Wildman–Crippen MR) is 112 cm³/mol. The topological polar surface area (TPSA) is 76.1 Å². The van der Waals surface area contributed by atoms with Crippen molar-refractivity contribution < 1.29 is 9.53 Å². The standard InChI is InChI=1S/C19H18N4O2S2/c1-11-9-12(2)21-18(20-11)23-19(26)22-16-14(17(24)25-3)10-15(27-16)13-7-5-4-6-8-13/h4-10H,1-3H3,(H2,20,21,22,23,26). The summed E-state index contributed by atoms with van der Waals surface area (Å²) in [5.74, 6) is -0.0224. The van der Waals surface area contributed by atoms with Crippen molar-refractivity contribution in [2.45, 2.75) is 13.8 Å². The molecule has 0 spiro atoms. The zero-order valence-corrected chi connectivity index (χ0v) is 16.7. The molecule has 0 atom stereocenters. The number of aromatic nitrogens is 2. The van der Waals surface area contributed by atoms with E-state index in [1.807, 2.05) is 50.2 Å². The molecule has 0 aliphatic rings. The quantitative estimate of drug-likeness (QED) is 0.498. The molecule has 0 saturated carbocycles. The van der Waals surface area contributed by atoms with Gasteiger partial charge in [0.15, 0.2) is 5.11 Å². The Balaban J connectivity index is 1.85. The van der Waals surface area contributed by atoms with Gasteiger partial charge in [-0.1, -0.05) is 30.3 Å². The average molecular weight is 399 g/mol. The van der Waals surface area contributed by atoms with Gasteiger partial charge in [-0.15, -0.1) is 11.3 Å². The van der Waals surface area contributed by atoms with E-state index in [2.05, 4.69) is 20.6 Å². The Bertz CT molecular complexity index is 966. The molecule has 27 heavy (non-hydrogen) atoms. The number of anilines is 2. The van der Waals surface area contributed by atoms with E-state index in [0.717, 1.165) is 21.8 Å². The third-order valence-electron chi connectivity index (χ3n) is 3.63. The van der Waals surface area contributed by atoms with E-state index in [1.54, 1.807) is 6.07 Å². The Kier molecular flexibility index (Phi) is 5.78. The molecule has 0 bridgehead atoms. The Morgan fingerprint density at radius 3 is 2.37 bits per heavy atom. The van der Waals surface area contributed by atoms with Crippen molar-refractivity contribution in [1.29, 1.82) is 0 Å². The summed E-state index contributed by atoms with van der Waals surface area (Å²) in [7, 11) is 1.35. The van der Waals surface area contributed by atoms with E-state index in [-0.39, 0.29) is 0 Å². The van der Waals surface area contributed by atoms with Gasteiger partial charge in [-0.2, -0.15) is 0 Å². The normalized spacial score (nSPS) is 10.3. The zero-order chi connectivity index (χ0) is 19.4. The molecule has 0 fully saturated rings. The molecule has 0 radical (unpaired) electrons. The minimum absolute atomic E-state index is 0.298. The minimum Gasteiger partial charge on any atom is -0.465 e. The van der Waals surface area contributed by atoms with E-state index >= 15 is 0 Å². The molecule has 2 heterocycles. The Morgan fingerprint density at radius 1 is 1.07 bits per heavy atom. The molecule has 0 aliphatic heterocycles. The fourth-order valence-electron chi connectivity index (χ4n) is 2.51. The van der Waals surface area contributed by atoms with Crippen LogP contribution in [0.5, 0.6) is 0 Å². The minimum atomic E-state index is -0.429. The van der Waals surface area contributed by atoms with E-state index < -0.39 is 5.97 Å². The number of hydrogen-bond donors (Lipinski definition) is 2. The molecule has 0 aliphatic carbocycles. The highest BCUT2D eigenvalue weighted by atomic mass is 32.1. The van der Waals surface area contributed by atoms with Crippen LogP contribution < -0.4 is 10.6 Å².